The highest BCUT2D eigenvalue weighted by Gasteiger charge is 2.25. The van der Waals surface area contributed by atoms with Crippen LogP contribution < -0.4 is 9.64 Å². The Bertz CT molecular complexity index is 1080. The number of carbonyl (C=O) groups excluding carboxylic acids is 1. The summed E-state index contributed by atoms with van der Waals surface area (Å²) in [6.45, 7) is -1.15. The third-order valence-electron chi connectivity index (χ3n) is 4.77. The molecule has 0 unspecified atom stereocenters. The molecule has 1 amide bonds. The highest BCUT2D eigenvalue weighted by molar-refractivity contribution is 6.04. The number of hydrogen-bond donors (Lipinski definition) is 0. The fourth-order valence-electron chi connectivity index (χ4n) is 3.38. The van der Waals surface area contributed by atoms with Crippen molar-refractivity contribution in [3.63, 3.8) is 0 Å². The average Bonchev–Trinajstić information content (AvgIpc) is 3.21. The lowest BCUT2D eigenvalue weighted by Gasteiger charge is -2.36. The van der Waals surface area contributed by atoms with E-state index in [1.54, 1.807) is 23.2 Å². The van der Waals surface area contributed by atoms with E-state index in [-0.39, 0.29) is 17.2 Å². The second-order valence-corrected chi connectivity index (χ2v) is 6.51. The molecule has 9 heteroatoms. The normalized spacial score (nSPS) is 14.3. The number of pyridine rings is 1. The van der Waals surface area contributed by atoms with Gasteiger partial charge in [0.25, 0.3) is 5.91 Å². The Kier molecular flexibility index (Phi) is 4.99. The van der Waals surface area contributed by atoms with E-state index in [0.29, 0.717) is 43.0 Å². The Hall–Kier alpha value is -3.67. The predicted molar refractivity (Wildman–Crippen MR) is 99.9 cm³/mol. The largest absolute Gasteiger partial charge is 0.463 e. The van der Waals surface area contributed by atoms with Crippen LogP contribution in [0.15, 0.2) is 47.3 Å². The number of hydrogen-bond acceptors (Lipinski definition) is 6. The maximum Gasteiger partial charge on any atom is 0.387 e. The van der Waals surface area contributed by atoms with Crippen molar-refractivity contribution in [2.24, 2.45) is 0 Å². The van der Waals surface area contributed by atoms with E-state index >= 15 is 0 Å². The first-order valence-corrected chi connectivity index (χ1v) is 8.90. The van der Waals surface area contributed by atoms with Crippen LogP contribution >= 0.6 is 0 Å². The van der Waals surface area contributed by atoms with Gasteiger partial charge in [0.15, 0.2) is 0 Å². The summed E-state index contributed by atoms with van der Waals surface area (Å²) >= 11 is 0. The molecule has 1 saturated heterocycles. The first kappa shape index (κ1) is 18.7. The fourth-order valence-corrected chi connectivity index (χ4v) is 3.38. The number of anilines is 1. The van der Waals surface area contributed by atoms with Gasteiger partial charge in [0.05, 0.1) is 17.9 Å². The van der Waals surface area contributed by atoms with Gasteiger partial charge in [-0.05, 0) is 18.2 Å². The molecule has 1 fully saturated rings. The first-order valence-electron chi connectivity index (χ1n) is 8.90. The van der Waals surface area contributed by atoms with Gasteiger partial charge in [-0.15, -0.1) is 0 Å². The Balaban J connectivity index is 1.49. The van der Waals surface area contributed by atoms with Crippen molar-refractivity contribution in [2.75, 3.05) is 31.1 Å². The number of fused-ring (bicyclic) bond motifs is 1. The summed E-state index contributed by atoms with van der Waals surface area (Å²) in [5, 5.41) is 9.91. The summed E-state index contributed by atoms with van der Waals surface area (Å²) < 4.78 is 35.0. The maximum atomic E-state index is 12.9. The standard InChI is InChI=1S/C20H16F2N4O3/c21-20(22)29-16-8-13(10-23)7-15(9-16)25-2-4-26(5-3-25)19(27)17-12-24-11-14-1-6-28-18(14)17/h1,6-9,11-12,20H,2-5H2. The van der Waals surface area contributed by atoms with Crippen LogP contribution in [-0.2, 0) is 0 Å². The molecular weight excluding hydrogens is 382 g/mol. The minimum absolute atomic E-state index is 0.0665. The summed E-state index contributed by atoms with van der Waals surface area (Å²) in [4.78, 5) is 20.6. The van der Waals surface area contributed by atoms with Gasteiger partial charge in [0.2, 0.25) is 0 Å². The second-order valence-electron chi connectivity index (χ2n) is 6.51. The summed E-state index contributed by atoms with van der Waals surface area (Å²) in [5.74, 6) is -0.242. The van der Waals surface area contributed by atoms with Gasteiger partial charge in [0, 0.05) is 55.7 Å². The van der Waals surface area contributed by atoms with Gasteiger partial charge in [-0.1, -0.05) is 0 Å². The molecule has 0 spiro atoms. The summed E-state index contributed by atoms with van der Waals surface area (Å²) in [6, 6.07) is 8.05. The third kappa shape index (κ3) is 3.82. The molecule has 2 aromatic heterocycles. The average molecular weight is 398 g/mol. The number of alkyl halides is 2. The van der Waals surface area contributed by atoms with Gasteiger partial charge in [0.1, 0.15) is 16.9 Å². The topological polar surface area (TPSA) is 82.6 Å². The molecule has 1 aromatic carbocycles. The number of furan rings is 1. The Labute approximate surface area is 164 Å². The Morgan fingerprint density at radius 3 is 2.72 bits per heavy atom. The lowest BCUT2D eigenvalue weighted by Crippen LogP contribution is -2.48. The molecule has 29 heavy (non-hydrogen) atoms. The molecule has 1 aliphatic heterocycles. The molecular formula is C20H16F2N4O3. The Morgan fingerprint density at radius 1 is 1.21 bits per heavy atom. The highest BCUT2D eigenvalue weighted by atomic mass is 19.3. The molecule has 4 rings (SSSR count). The van der Waals surface area contributed by atoms with E-state index in [9.17, 15) is 13.6 Å². The number of amides is 1. The molecule has 3 aromatic rings. The molecule has 1 aliphatic rings. The van der Waals surface area contributed by atoms with Crippen LogP contribution in [0.5, 0.6) is 5.75 Å². The number of carbonyl (C=O) groups is 1. The van der Waals surface area contributed by atoms with Crippen molar-refractivity contribution in [1.82, 2.24) is 9.88 Å². The second kappa shape index (κ2) is 7.75. The summed E-state index contributed by atoms with van der Waals surface area (Å²) in [7, 11) is 0. The van der Waals surface area contributed by atoms with E-state index in [4.69, 9.17) is 9.68 Å². The highest BCUT2D eigenvalue weighted by Crippen LogP contribution is 2.27. The van der Waals surface area contributed by atoms with E-state index in [2.05, 4.69) is 9.72 Å². The quantitative estimate of drug-likeness (QED) is 0.671. The van der Waals surface area contributed by atoms with E-state index in [1.807, 2.05) is 11.0 Å². The van der Waals surface area contributed by atoms with Crippen molar-refractivity contribution in [3.05, 3.63) is 54.0 Å². The molecule has 3 heterocycles. The molecule has 148 valence electrons. The van der Waals surface area contributed by atoms with Crippen LogP contribution in [0.1, 0.15) is 15.9 Å². The van der Waals surface area contributed by atoms with Gasteiger partial charge >= 0.3 is 6.61 Å². The number of halogens is 2. The maximum absolute atomic E-state index is 12.9. The van der Waals surface area contributed by atoms with Crippen molar-refractivity contribution in [1.29, 1.82) is 5.26 Å². The van der Waals surface area contributed by atoms with Crippen molar-refractivity contribution < 1.29 is 22.7 Å². The van der Waals surface area contributed by atoms with E-state index < -0.39 is 6.61 Å². The monoisotopic (exact) mass is 398 g/mol. The Morgan fingerprint density at radius 2 is 2.00 bits per heavy atom. The minimum Gasteiger partial charge on any atom is -0.463 e. The molecule has 0 aliphatic carbocycles. The number of aromatic nitrogens is 1. The lowest BCUT2D eigenvalue weighted by molar-refractivity contribution is -0.0498. The van der Waals surface area contributed by atoms with Gasteiger partial charge in [-0.3, -0.25) is 9.78 Å². The number of benzene rings is 1. The third-order valence-corrected chi connectivity index (χ3v) is 4.77. The van der Waals surface area contributed by atoms with Crippen molar-refractivity contribution in [3.8, 4) is 11.8 Å². The number of nitrogens with zero attached hydrogens (tertiary/aromatic N) is 4. The lowest BCUT2D eigenvalue weighted by atomic mass is 10.1. The van der Waals surface area contributed by atoms with Crippen LogP contribution in [0, 0.1) is 11.3 Å². The van der Waals surface area contributed by atoms with E-state index in [0.717, 1.165) is 5.39 Å². The van der Waals surface area contributed by atoms with Crippen molar-refractivity contribution in [2.45, 2.75) is 6.61 Å². The summed E-state index contributed by atoms with van der Waals surface area (Å²) in [5.41, 5.74) is 1.73. The van der Waals surface area contributed by atoms with Gasteiger partial charge < -0.3 is 19.0 Å². The molecule has 0 bridgehead atoms. The molecule has 0 saturated carbocycles. The first-order chi connectivity index (χ1) is 14.0. The number of ether oxygens (including phenoxy) is 1. The van der Waals surface area contributed by atoms with Crippen LogP contribution in [0.4, 0.5) is 14.5 Å². The molecule has 0 atom stereocenters. The minimum atomic E-state index is -2.97. The molecule has 7 nitrogen and oxygen atoms in total. The predicted octanol–water partition coefficient (Wildman–Crippen LogP) is 3.26. The van der Waals surface area contributed by atoms with Crippen molar-refractivity contribution >= 4 is 22.6 Å². The van der Waals surface area contributed by atoms with Crippen LogP contribution in [0.3, 0.4) is 0 Å². The smallest absolute Gasteiger partial charge is 0.387 e. The zero-order valence-electron chi connectivity index (χ0n) is 15.2. The zero-order valence-corrected chi connectivity index (χ0v) is 15.2. The number of rotatable bonds is 4. The SMILES string of the molecule is N#Cc1cc(OC(F)F)cc(N2CCN(C(=O)c3cncc4ccoc34)CC2)c1. The van der Waals surface area contributed by atoms with Crippen LogP contribution in [-0.4, -0.2) is 48.6 Å². The number of nitriles is 1. The summed E-state index contributed by atoms with van der Waals surface area (Å²) in [6.07, 6.45) is 4.64. The van der Waals surface area contributed by atoms with Gasteiger partial charge in [-0.25, -0.2) is 0 Å². The van der Waals surface area contributed by atoms with Crippen LogP contribution in [0.2, 0.25) is 0 Å². The zero-order chi connectivity index (χ0) is 20.4. The van der Waals surface area contributed by atoms with E-state index in [1.165, 1.54) is 24.6 Å². The number of piperazine rings is 1. The van der Waals surface area contributed by atoms with Gasteiger partial charge in [-0.2, -0.15) is 14.0 Å². The molecule has 0 radical (unpaired) electrons. The van der Waals surface area contributed by atoms with Crippen LogP contribution in [0.25, 0.3) is 11.0 Å². The fraction of sp³-hybridized carbons (Fsp3) is 0.250. The molecule has 0 N–H and O–H groups in total.